The third kappa shape index (κ3) is 3.43. The Bertz CT molecular complexity index is 923. The maximum Gasteiger partial charge on any atom is 0.261 e. The van der Waals surface area contributed by atoms with Crippen LogP contribution in [0.15, 0.2) is 53.4 Å². The van der Waals surface area contributed by atoms with Crippen LogP contribution in [-0.2, 0) is 16.4 Å². The minimum absolute atomic E-state index is 0.233. The molecule has 8 heteroatoms. The lowest BCUT2D eigenvalue weighted by atomic mass is 10.1. The van der Waals surface area contributed by atoms with Crippen LogP contribution in [-0.4, -0.2) is 29.0 Å². The van der Waals surface area contributed by atoms with Crippen molar-refractivity contribution in [2.75, 3.05) is 4.72 Å². The predicted molar refractivity (Wildman–Crippen MR) is 90.9 cm³/mol. The van der Waals surface area contributed by atoms with Crippen molar-refractivity contribution in [3.63, 3.8) is 0 Å². The first-order valence-electron chi connectivity index (χ1n) is 7.55. The molecule has 124 valence electrons. The number of benzene rings is 2. The monoisotopic (exact) mass is 343 g/mol. The van der Waals surface area contributed by atoms with Crippen LogP contribution in [0.3, 0.4) is 0 Å². The van der Waals surface area contributed by atoms with Gasteiger partial charge in [-0.15, -0.1) is 10.2 Å². The molecule has 0 saturated heterocycles. The first-order chi connectivity index (χ1) is 11.6. The number of nitrogens with one attached hydrogen (secondary N) is 2. The molecule has 3 aromatic rings. The van der Waals surface area contributed by atoms with Gasteiger partial charge in [-0.05, 0) is 41.5 Å². The van der Waals surface area contributed by atoms with Gasteiger partial charge < -0.3 is 0 Å². The molecule has 0 aliphatic rings. The molecule has 0 bridgehead atoms. The molecule has 0 unspecified atom stereocenters. The van der Waals surface area contributed by atoms with Gasteiger partial charge in [0.15, 0.2) is 0 Å². The summed E-state index contributed by atoms with van der Waals surface area (Å²) in [6.07, 6.45) is 1.79. The number of hydrogen-bond donors (Lipinski definition) is 2. The summed E-state index contributed by atoms with van der Waals surface area (Å²) in [5.41, 5.74) is 1.95. The number of anilines is 1. The summed E-state index contributed by atoms with van der Waals surface area (Å²) in [6, 6.07) is 13.9. The van der Waals surface area contributed by atoms with E-state index in [1.54, 1.807) is 42.5 Å². The van der Waals surface area contributed by atoms with E-state index in [0.717, 1.165) is 18.4 Å². The van der Waals surface area contributed by atoms with Gasteiger partial charge in [-0.25, -0.2) is 8.42 Å². The molecule has 0 saturated carbocycles. The molecule has 0 aliphatic heterocycles. The summed E-state index contributed by atoms with van der Waals surface area (Å²) in [5, 5.41) is 13.7. The topological polar surface area (TPSA) is 101 Å². The van der Waals surface area contributed by atoms with Crippen LogP contribution in [0.25, 0.3) is 11.4 Å². The van der Waals surface area contributed by atoms with Crippen LogP contribution in [0.2, 0.25) is 0 Å². The van der Waals surface area contributed by atoms with Crippen molar-refractivity contribution in [2.45, 2.75) is 24.7 Å². The van der Waals surface area contributed by atoms with Gasteiger partial charge in [-0.1, -0.05) is 37.6 Å². The number of hydrogen-bond acceptors (Lipinski definition) is 5. The Kier molecular flexibility index (Phi) is 4.57. The maximum atomic E-state index is 12.7. The van der Waals surface area contributed by atoms with Gasteiger partial charge in [0.1, 0.15) is 0 Å². The van der Waals surface area contributed by atoms with Crippen molar-refractivity contribution in [3.05, 3.63) is 54.1 Å². The molecule has 2 N–H and O–H groups in total. The van der Waals surface area contributed by atoms with Crippen LogP contribution in [0.1, 0.15) is 18.9 Å². The number of rotatable bonds is 6. The van der Waals surface area contributed by atoms with Gasteiger partial charge in [-0.3, -0.25) is 4.72 Å². The summed E-state index contributed by atoms with van der Waals surface area (Å²) in [5.74, 6) is 0.327. The molecule has 0 amide bonds. The summed E-state index contributed by atoms with van der Waals surface area (Å²) in [7, 11) is -3.70. The van der Waals surface area contributed by atoms with Crippen LogP contribution < -0.4 is 4.72 Å². The summed E-state index contributed by atoms with van der Waals surface area (Å²) in [4.78, 5) is 0.233. The highest BCUT2D eigenvalue weighted by Crippen LogP contribution is 2.26. The lowest BCUT2D eigenvalue weighted by molar-refractivity contribution is 0.601. The number of aryl methyl sites for hydroxylation is 1. The minimum Gasteiger partial charge on any atom is -0.279 e. The smallest absolute Gasteiger partial charge is 0.261 e. The highest BCUT2D eigenvalue weighted by Gasteiger charge is 2.18. The van der Waals surface area contributed by atoms with E-state index in [4.69, 9.17) is 0 Å². The minimum atomic E-state index is -3.70. The number of para-hydroxylation sites is 1. The molecule has 3 rings (SSSR count). The van der Waals surface area contributed by atoms with E-state index in [9.17, 15) is 8.42 Å². The SMILES string of the molecule is CCCc1cccc(S(=O)(=O)Nc2ccccc2-c2nn[nH]n2)c1. The number of sulfonamides is 1. The second-order valence-corrected chi connectivity index (χ2v) is 6.97. The van der Waals surface area contributed by atoms with Crippen molar-refractivity contribution in [3.8, 4) is 11.4 Å². The Morgan fingerprint density at radius 2 is 1.96 bits per heavy atom. The Hall–Kier alpha value is -2.74. The number of aromatic nitrogens is 4. The third-order valence-electron chi connectivity index (χ3n) is 3.51. The molecule has 1 aromatic heterocycles. The molecule has 0 fully saturated rings. The molecule has 0 radical (unpaired) electrons. The van der Waals surface area contributed by atoms with Gasteiger partial charge in [0.2, 0.25) is 5.82 Å². The number of H-pyrrole nitrogens is 1. The van der Waals surface area contributed by atoms with Crippen molar-refractivity contribution in [2.24, 2.45) is 0 Å². The third-order valence-corrected chi connectivity index (χ3v) is 4.87. The highest BCUT2D eigenvalue weighted by atomic mass is 32.2. The molecule has 0 atom stereocenters. The fourth-order valence-electron chi connectivity index (χ4n) is 2.40. The lowest BCUT2D eigenvalue weighted by Gasteiger charge is -2.11. The second kappa shape index (κ2) is 6.79. The Morgan fingerprint density at radius 3 is 2.71 bits per heavy atom. The molecule has 24 heavy (non-hydrogen) atoms. The maximum absolute atomic E-state index is 12.7. The standard InChI is InChI=1S/C16H17N5O2S/c1-2-6-12-7-5-8-13(11-12)24(22,23)19-15-10-4-3-9-14(15)16-17-20-21-18-16/h3-5,7-11,19H,2,6H2,1H3,(H,17,18,20,21). The predicted octanol–water partition coefficient (Wildman–Crippen LogP) is 2.62. The molecule has 2 aromatic carbocycles. The second-order valence-electron chi connectivity index (χ2n) is 5.28. The van der Waals surface area contributed by atoms with Crippen molar-refractivity contribution >= 4 is 15.7 Å². The Balaban J connectivity index is 1.95. The van der Waals surface area contributed by atoms with E-state index in [-0.39, 0.29) is 4.90 Å². The fraction of sp³-hybridized carbons (Fsp3) is 0.188. The normalized spacial score (nSPS) is 11.4. The zero-order valence-electron chi connectivity index (χ0n) is 13.1. The molecule has 0 spiro atoms. The zero-order chi connectivity index (χ0) is 17.0. The summed E-state index contributed by atoms with van der Waals surface area (Å²) < 4.78 is 28.0. The van der Waals surface area contributed by atoms with Gasteiger partial charge in [0.05, 0.1) is 10.6 Å². The van der Waals surface area contributed by atoms with Crippen molar-refractivity contribution in [1.29, 1.82) is 0 Å². The van der Waals surface area contributed by atoms with Crippen LogP contribution in [0.5, 0.6) is 0 Å². The van der Waals surface area contributed by atoms with E-state index < -0.39 is 10.0 Å². The van der Waals surface area contributed by atoms with Crippen LogP contribution in [0, 0.1) is 0 Å². The summed E-state index contributed by atoms with van der Waals surface area (Å²) >= 11 is 0. The van der Waals surface area contributed by atoms with E-state index in [2.05, 4.69) is 32.3 Å². The quantitative estimate of drug-likeness (QED) is 0.716. The first kappa shape index (κ1) is 16.1. The van der Waals surface area contributed by atoms with E-state index in [1.165, 1.54) is 0 Å². The Morgan fingerprint density at radius 1 is 1.12 bits per heavy atom. The molecular weight excluding hydrogens is 326 g/mol. The van der Waals surface area contributed by atoms with E-state index in [0.29, 0.717) is 17.1 Å². The molecular formula is C16H17N5O2S. The van der Waals surface area contributed by atoms with Crippen LogP contribution >= 0.6 is 0 Å². The van der Waals surface area contributed by atoms with Crippen LogP contribution in [0.4, 0.5) is 5.69 Å². The van der Waals surface area contributed by atoms with Gasteiger partial charge in [0, 0.05) is 5.56 Å². The zero-order valence-corrected chi connectivity index (χ0v) is 13.9. The van der Waals surface area contributed by atoms with Gasteiger partial charge in [-0.2, -0.15) is 5.21 Å². The highest BCUT2D eigenvalue weighted by molar-refractivity contribution is 7.92. The largest absolute Gasteiger partial charge is 0.279 e. The average Bonchev–Trinajstić information content (AvgIpc) is 3.10. The first-order valence-corrected chi connectivity index (χ1v) is 9.03. The van der Waals surface area contributed by atoms with E-state index in [1.807, 2.05) is 6.07 Å². The number of nitrogens with zero attached hydrogens (tertiary/aromatic N) is 3. The van der Waals surface area contributed by atoms with Gasteiger partial charge >= 0.3 is 0 Å². The van der Waals surface area contributed by atoms with E-state index >= 15 is 0 Å². The van der Waals surface area contributed by atoms with Crippen molar-refractivity contribution in [1.82, 2.24) is 20.6 Å². The Labute approximate surface area is 140 Å². The molecule has 0 aliphatic carbocycles. The number of aromatic amines is 1. The van der Waals surface area contributed by atoms with Crippen molar-refractivity contribution < 1.29 is 8.42 Å². The average molecular weight is 343 g/mol. The lowest BCUT2D eigenvalue weighted by Crippen LogP contribution is -2.14. The number of tetrazole rings is 1. The fourth-order valence-corrected chi connectivity index (χ4v) is 3.55. The summed E-state index contributed by atoms with van der Waals surface area (Å²) in [6.45, 7) is 2.06. The molecule has 1 heterocycles. The van der Waals surface area contributed by atoms with Gasteiger partial charge in [0.25, 0.3) is 10.0 Å². The molecule has 7 nitrogen and oxygen atoms in total.